The number of halogens is 2. The highest BCUT2D eigenvalue weighted by atomic mass is 19.3. The number of aryl methyl sites for hydroxylation is 1. The Labute approximate surface area is 236 Å². The molecule has 3 aliphatic rings. The van der Waals surface area contributed by atoms with Gasteiger partial charge in [0.05, 0.1) is 28.7 Å². The third-order valence-corrected chi connectivity index (χ3v) is 8.60. The number of amides is 2. The van der Waals surface area contributed by atoms with E-state index in [2.05, 4.69) is 25.9 Å². The van der Waals surface area contributed by atoms with Crippen LogP contribution in [0.25, 0.3) is 11.0 Å². The first kappa shape index (κ1) is 27.7. The lowest BCUT2D eigenvalue weighted by Gasteiger charge is -2.38. The molecule has 12 heteroatoms. The normalized spacial score (nSPS) is 23.5. The Balaban J connectivity index is 1.24. The molecule has 6 rings (SSSR count). The average Bonchev–Trinajstić information content (AvgIpc) is 3.49. The molecule has 41 heavy (non-hydrogen) atoms. The first-order chi connectivity index (χ1) is 19.5. The van der Waals surface area contributed by atoms with Crippen molar-refractivity contribution in [1.82, 2.24) is 30.9 Å². The quantitative estimate of drug-likeness (QED) is 0.332. The minimum absolute atomic E-state index is 0.0558. The zero-order valence-electron chi connectivity index (χ0n) is 23.5. The summed E-state index contributed by atoms with van der Waals surface area (Å²) in [6, 6.07) is 5.25. The Morgan fingerprint density at radius 3 is 2.51 bits per heavy atom. The van der Waals surface area contributed by atoms with Crippen LogP contribution in [0.4, 0.5) is 8.78 Å². The number of aromatic amines is 1. The van der Waals surface area contributed by atoms with Crippen molar-refractivity contribution in [1.29, 1.82) is 0 Å². The van der Waals surface area contributed by atoms with Gasteiger partial charge in [-0.2, -0.15) is 0 Å². The minimum atomic E-state index is -2.63. The van der Waals surface area contributed by atoms with Crippen LogP contribution in [0.1, 0.15) is 98.4 Å². The molecule has 1 saturated heterocycles. The molecular weight excluding hydrogens is 534 g/mol. The molecule has 2 aliphatic carbocycles. The average molecular weight is 571 g/mol. The maximum atomic E-state index is 13.2. The smallest absolute Gasteiger partial charge is 0.276 e. The van der Waals surface area contributed by atoms with Gasteiger partial charge in [-0.1, -0.05) is 11.2 Å². The van der Waals surface area contributed by atoms with E-state index in [0.29, 0.717) is 24.0 Å². The first-order valence-electron chi connectivity index (χ1n) is 14.4. The van der Waals surface area contributed by atoms with E-state index in [9.17, 15) is 18.4 Å². The van der Waals surface area contributed by atoms with Gasteiger partial charge in [0, 0.05) is 25.9 Å². The molecule has 1 aliphatic heterocycles. The number of aromatic nitrogens is 4. The van der Waals surface area contributed by atoms with E-state index in [4.69, 9.17) is 14.3 Å². The lowest BCUT2D eigenvalue weighted by Crippen LogP contribution is -2.42. The van der Waals surface area contributed by atoms with Crippen molar-refractivity contribution in [2.45, 2.75) is 89.3 Å². The monoisotopic (exact) mass is 570 g/mol. The van der Waals surface area contributed by atoms with Gasteiger partial charge in [0.2, 0.25) is 11.8 Å². The number of alkyl halides is 2. The second kappa shape index (κ2) is 10.5. The van der Waals surface area contributed by atoms with Gasteiger partial charge in [0.25, 0.3) is 5.91 Å². The Morgan fingerprint density at radius 2 is 1.85 bits per heavy atom. The summed E-state index contributed by atoms with van der Waals surface area (Å²) in [5, 5.41) is 13.7. The molecule has 0 radical (unpaired) electrons. The zero-order valence-corrected chi connectivity index (χ0v) is 23.5. The van der Waals surface area contributed by atoms with Gasteiger partial charge in [0.15, 0.2) is 5.69 Å². The second-order valence-corrected chi connectivity index (χ2v) is 12.6. The van der Waals surface area contributed by atoms with Gasteiger partial charge in [-0.15, -0.1) is 0 Å². The summed E-state index contributed by atoms with van der Waals surface area (Å²) in [6.07, 6.45) is 3.16. The van der Waals surface area contributed by atoms with E-state index in [1.54, 1.807) is 6.92 Å². The maximum Gasteiger partial charge on any atom is 0.276 e. The number of carbonyl (C=O) groups is 2. The Morgan fingerprint density at radius 1 is 1.07 bits per heavy atom. The SMILES string of the molecule is Cc1nonc1C(=O)N[C@H](c1nc2ccc([C@H](NC(=O)CC3CC(F)(F)C3)C3CC3)cc2[nH]1)[C@@H]1CCOC(C)(C)C1. The van der Waals surface area contributed by atoms with Crippen LogP contribution >= 0.6 is 0 Å². The van der Waals surface area contributed by atoms with Gasteiger partial charge >= 0.3 is 0 Å². The number of ether oxygens (including phenoxy) is 1. The van der Waals surface area contributed by atoms with Crippen molar-refractivity contribution in [2.75, 3.05) is 6.61 Å². The number of rotatable bonds is 9. The molecule has 1 aromatic carbocycles. The van der Waals surface area contributed by atoms with Crippen LogP contribution in [0.15, 0.2) is 22.8 Å². The number of imidazole rings is 1. The van der Waals surface area contributed by atoms with E-state index in [-0.39, 0.29) is 60.2 Å². The van der Waals surface area contributed by atoms with Crippen molar-refractivity contribution < 1.29 is 27.7 Å². The Kier molecular flexibility index (Phi) is 7.07. The van der Waals surface area contributed by atoms with Crippen LogP contribution in [0.3, 0.4) is 0 Å². The molecule has 3 fully saturated rings. The molecule has 10 nitrogen and oxygen atoms in total. The van der Waals surface area contributed by atoms with Gasteiger partial charge in [-0.3, -0.25) is 9.59 Å². The second-order valence-electron chi connectivity index (χ2n) is 12.6. The van der Waals surface area contributed by atoms with Crippen molar-refractivity contribution in [2.24, 2.45) is 17.8 Å². The third kappa shape index (κ3) is 6.12. The summed E-state index contributed by atoms with van der Waals surface area (Å²) in [5.41, 5.74) is 2.67. The number of hydrogen-bond donors (Lipinski definition) is 3. The van der Waals surface area contributed by atoms with Crippen LogP contribution in [0.2, 0.25) is 0 Å². The molecular formula is C29H36F2N6O4. The van der Waals surface area contributed by atoms with Crippen LogP contribution in [0, 0.1) is 24.7 Å². The molecule has 2 saturated carbocycles. The summed E-state index contributed by atoms with van der Waals surface area (Å²) < 4.78 is 37.2. The standard InChI is InChI=1S/C29H36F2N6O4/c1-15-23(37-41-36-15)27(39)35-25(19-8-9-40-28(2,3)14-19)26-32-20-7-6-18(11-21(20)33-26)24(17-4-5-17)34-22(38)10-16-12-29(30,31)13-16/h6-7,11,16-17,19,24-25H,4-5,8-10,12-14H2,1-3H3,(H,32,33)(H,34,38)(H,35,39)/t19-,24-,25+/m1/s1. The van der Waals surface area contributed by atoms with E-state index in [0.717, 1.165) is 42.3 Å². The van der Waals surface area contributed by atoms with E-state index in [1.165, 1.54) is 0 Å². The summed E-state index contributed by atoms with van der Waals surface area (Å²) in [7, 11) is 0. The predicted octanol–water partition coefficient (Wildman–Crippen LogP) is 4.93. The van der Waals surface area contributed by atoms with E-state index < -0.39 is 12.0 Å². The highest BCUT2D eigenvalue weighted by Crippen LogP contribution is 2.45. The number of benzene rings is 1. The molecule has 0 spiro atoms. The Hall–Kier alpha value is -3.41. The lowest BCUT2D eigenvalue weighted by molar-refractivity contribution is -0.134. The molecule has 2 aromatic heterocycles. The Bertz CT molecular complexity index is 1440. The topological polar surface area (TPSA) is 135 Å². The fourth-order valence-corrected chi connectivity index (χ4v) is 6.33. The number of nitrogens with one attached hydrogen (secondary N) is 3. The third-order valence-electron chi connectivity index (χ3n) is 8.60. The molecule has 3 N–H and O–H groups in total. The lowest BCUT2D eigenvalue weighted by atomic mass is 9.79. The van der Waals surface area contributed by atoms with Crippen LogP contribution < -0.4 is 10.6 Å². The number of fused-ring (bicyclic) bond motifs is 1. The van der Waals surface area contributed by atoms with Crippen molar-refractivity contribution in [3.8, 4) is 0 Å². The van der Waals surface area contributed by atoms with Crippen LogP contribution in [0.5, 0.6) is 0 Å². The number of H-pyrrole nitrogens is 1. The van der Waals surface area contributed by atoms with E-state index >= 15 is 0 Å². The molecule has 0 bridgehead atoms. The van der Waals surface area contributed by atoms with Gasteiger partial charge < -0.3 is 20.4 Å². The molecule has 3 aromatic rings. The fourth-order valence-electron chi connectivity index (χ4n) is 6.33. The molecule has 0 unspecified atom stereocenters. The van der Waals surface area contributed by atoms with Crippen molar-refractivity contribution in [3.63, 3.8) is 0 Å². The van der Waals surface area contributed by atoms with Gasteiger partial charge in [0.1, 0.15) is 11.5 Å². The zero-order chi connectivity index (χ0) is 28.9. The highest BCUT2D eigenvalue weighted by Gasteiger charge is 2.46. The van der Waals surface area contributed by atoms with Gasteiger partial charge in [-0.25, -0.2) is 18.4 Å². The predicted molar refractivity (Wildman–Crippen MR) is 144 cm³/mol. The minimum Gasteiger partial charge on any atom is -0.376 e. The summed E-state index contributed by atoms with van der Waals surface area (Å²) in [6.45, 7) is 6.31. The summed E-state index contributed by atoms with van der Waals surface area (Å²) >= 11 is 0. The number of carbonyl (C=O) groups excluding carboxylic acids is 2. The van der Waals surface area contributed by atoms with Crippen molar-refractivity contribution >= 4 is 22.8 Å². The maximum absolute atomic E-state index is 13.2. The summed E-state index contributed by atoms with van der Waals surface area (Å²) in [5.74, 6) is -2.47. The van der Waals surface area contributed by atoms with Crippen LogP contribution in [-0.2, 0) is 9.53 Å². The van der Waals surface area contributed by atoms with Gasteiger partial charge in [-0.05, 0) is 87.1 Å². The summed E-state index contributed by atoms with van der Waals surface area (Å²) in [4.78, 5) is 34.2. The first-order valence-corrected chi connectivity index (χ1v) is 14.4. The largest absolute Gasteiger partial charge is 0.376 e. The molecule has 3 heterocycles. The number of hydrogen-bond acceptors (Lipinski definition) is 7. The molecule has 2 amide bonds. The highest BCUT2D eigenvalue weighted by molar-refractivity contribution is 5.93. The fraction of sp³-hybridized carbons (Fsp3) is 0.621. The van der Waals surface area contributed by atoms with Crippen LogP contribution in [-0.4, -0.2) is 50.2 Å². The number of nitrogens with zero attached hydrogens (tertiary/aromatic N) is 3. The molecule has 3 atom stereocenters. The molecule has 220 valence electrons. The van der Waals surface area contributed by atoms with Crippen molar-refractivity contribution in [3.05, 3.63) is 41.0 Å². The van der Waals surface area contributed by atoms with E-state index in [1.807, 2.05) is 32.0 Å².